The molecule has 2 aromatic rings. The molecule has 2 amide bonds. The highest BCUT2D eigenvalue weighted by Crippen LogP contribution is 2.51. The molecule has 2 N–H and O–H groups in total. The first-order valence-corrected chi connectivity index (χ1v) is 13.5. The number of hydrogen-bond acceptors (Lipinski definition) is 5. The quantitative estimate of drug-likeness (QED) is 0.566. The molecule has 2 aliphatic heterocycles. The van der Waals surface area contributed by atoms with E-state index >= 15 is 0 Å². The van der Waals surface area contributed by atoms with Gasteiger partial charge in [-0.2, -0.15) is 0 Å². The van der Waals surface area contributed by atoms with Gasteiger partial charge in [-0.25, -0.2) is 13.6 Å². The van der Waals surface area contributed by atoms with Gasteiger partial charge in [0, 0.05) is 29.6 Å². The van der Waals surface area contributed by atoms with E-state index in [4.69, 9.17) is 9.47 Å². The highest BCUT2D eigenvalue weighted by Gasteiger charge is 2.53. The van der Waals surface area contributed by atoms with E-state index in [1.165, 1.54) is 5.56 Å². The van der Waals surface area contributed by atoms with Crippen molar-refractivity contribution in [1.82, 2.24) is 15.1 Å². The van der Waals surface area contributed by atoms with Gasteiger partial charge < -0.3 is 25.0 Å². The van der Waals surface area contributed by atoms with Crippen LogP contribution in [0.3, 0.4) is 0 Å². The number of urea groups is 1. The molecule has 3 fully saturated rings. The zero-order valence-corrected chi connectivity index (χ0v) is 22.4. The fourth-order valence-corrected chi connectivity index (χ4v) is 6.90. The van der Waals surface area contributed by atoms with E-state index in [9.17, 15) is 13.6 Å². The van der Waals surface area contributed by atoms with Crippen LogP contribution in [0.1, 0.15) is 44.1 Å². The molecule has 2 saturated heterocycles. The maximum Gasteiger partial charge on any atom is 0.319 e. The fourth-order valence-electron chi connectivity index (χ4n) is 6.90. The largest absolute Gasteiger partial charge is 0.493 e. The number of carbonyl (C=O) groups excluding carboxylic acids is 1. The number of methoxy groups -OCH3 is 2. The summed E-state index contributed by atoms with van der Waals surface area (Å²) >= 11 is 0. The van der Waals surface area contributed by atoms with Crippen molar-refractivity contribution in [2.75, 3.05) is 46.2 Å². The molecule has 38 heavy (non-hydrogen) atoms. The lowest BCUT2D eigenvalue weighted by Gasteiger charge is -2.48. The van der Waals surface area contributed by atoms with Crippen LogP contribution in [0, 0.1) is 11.6 Å². The third-order valence-electron chi connectivity index (χ3n) is 8.93. The lowest BCUT2D eigenvalue weighted by Crippen LogP contribution is -2.56. The van der Waals surface area contributed by atoms with E-state index in [0.29, 0.717) is 11.8 Å². The molecular formula is C29H38F2N4O3. The van der Waals surface area contributed by atoms with Gasteiger partial charge in [-0.3, -0.25) is 4.90 Å². The number of benzene rings is 2. The van der Waals surface area contributed by atoms with Crippen molar-refractivity contribution < 1.29 is 23.0 Å². The number of hydrogen-bond donors (Lipinski definition) is 2. The van der Waals surface area contributed by atoms with Crippen molar-refractivity contribution in [3.05, 3.63) is 53.6 Å². The summed E-state index contributed by atoms with van der Waals surface area (Å²) < 4.78 is 38.8. The Labute approximate surface area is 223 Å². The summed E-state index contributed by atoms with van der Waals surface area (Å²) in [4.78, 5) is 17.9. The van der Waals surface area contributed by atoms with Crippen LogP contribution in [0.15, 0.2) is 36.4 Å². The van der Waals surface area contributed by atoms with Gasteiger partial charge in [-0.05, 0) is 95.0 Å². The molecule has 2 heterocycles. The number of rotatable bonds is 6. The lowest BCUT2D eigenvalue weighted by molar-refractivity contribution is 0.0673. The zero-order chi connectivity index (χ0) is 26.9. The minimum Gasteiger partial charge on any atom is -0.493 e. The third kappa shape index (κ3) is 5.18. The third-order valence-corrected chi connectivity index (χ3v) is 8.93. The Bertz CT molecular complexity index is 1160. The second-order valence-electron chi connectivity index (χ2n) is 11.0. The van der Waals surface area contributed by atoms with Gasteiger partial charge in [0.15, 0.2) is 11.5 Å². The van der Waals surface area contributed by atoms with Crippen molar-refractivity contribution in [3.8, 4) is 11.5 Å². The molecule has 1 aliphatic carbocycles. The predicted molar refractivity (Wildman–Crippen MR) is 143 cm³/mol. The van der Waals surface area contributed by atoms with Crippen LogP contribution in [0.5, 0.6) is 11.5 Å². The highest BCUT2D eigenvalue weighted by molar-refractivity contribution is 5.89. The second kappa shape index (κ2) is 11.1. The summed E-state index contributed by atoms with van der Waals surface area (Å²) in [6, 6.07) is 9.49. The molecule has 3 atom stereocenters. The summed E-state index contributed by atoms with van der Waals surface area (Å²) in [5.74, 6) is 0.180. The number of nitrogens with one attached hydrogen (secondary N) is 2. The van der Waals surface area contributed by atoms with Crippen molar-refractivity contribution in [1.29, 1.82) is 0 Å². The second-order valence-corrected chi connectivity index (χ2v) is 11.0. The highest BCUT2D eigenvalue weighted by atomic mass is 19.1. The molecule has 0 unspecified atom stereocenters. The monoisotopic (exact) mass is 528 g/mol. The minimum absolute atomic E-state index is 0.0494. The first-order valence-electron chi connectivity index (χ1n) is 13.5. The van der Waals surface area contributed by atoms with Crippen LogP contribution in [-0.4, -0.2) is 74.9 Å². The minimum atomic E-state index is -0.665. The molecule has 1 saturated carbocycles. The maximum atomic E-state index is 14.1. The van der Waals surface area contributed by atoms with Crippen LogP contribution >= 0.6 is 0 Å². The summed E-state index contributed by atoms with van der Waals surface area (Å²) in [6.07, 6.45) is 5.81. The van der Waals surface area contributed by atoms with E-state index in [0.717, 1.165) is 82.1 Å². The molecule has 3 aliphatic rings. The van der Waals surface area contributed by atoms with Crippen molar-refractivity contribution >= 4 is 11.7 Å². The Balaban J connectivity index is 1.38. The van der Waals surface area contributed by atoms with Crippen molar-refractivity contribution in [2.24, 2.45) is 0 Å². The standard InChI is InChI=1S/C29H38F2N4O3/c1-34-13-9-22(10-14-34)35-15-12-29(19-4-7-25(37-2)26(16-19)38-3)11-8-21(18-27(29)35)32-28(36)33-24-17-20(30)5-6-23(24)31/h4-7,16-17,21-22,27H,8-15,18H2,1-3H3,(H2,32,33,36)/t21-,27+,29-/m0/s1. The average molecular weight is 529 g/mol. The summed E-state index contributed by atoms with van der Waals surface area (Å²) in [5, 5.41) is 5.54. The predicted octanol–water partition coefficient (Wildman–Crippen LogP) is 4.76. The Morgan fingerprint density at radius 3 is 2.47 bits per heavy atom. The van der Waals surface area contributed by atoms with Crippen LogP contribution in [0.4, 0.5) is 19.3 Å². The van der Waals surface area contributed by atoms with Crippen LogP contribution in [0.25, 0.3) is 0 Å². The Kier molecular flexibility index (Phi) is 7.77. The van der Waals surface area contributed by atoms with Gasteiger partial charge in [-0.15, -0.1) is 0 Å². The summed E-state index contributed by atoms with van der Waals surface area (Å²) in [5.41, 5.74) is 1.04. The van der Waals surface area contributed by atoms with Crippen molar-refractivity contribution in [2.45, 2.75) is 62.1 Å². The van der Waals surface area contributed by atoms with E-state index in [-0.39, 0.29) is 23.2 Å². The maximum absolute atomic E-state index is 14.1. The van der Waals surface area contributed by atoms with Gasteiger partial charge in [0.2, 0.25) is 0 Å². The normalized spacial score (nSPS) is 26.6. The molecule has 0 bridgehead atoms. The molecule has 0 radical (unpaired) electrons. The van der Waals surface area contributed by atoms with Crippen LogP contribution < -0.4 is 20.1 Å². The number of halogens is 2. The Hall–Kier alpha value is -2.91. The summed E-state index contributed by atoms with van der Waals surface area (Å²) in [6.45, 7) is 3.18. The molecule has 206 valence electrons. The first-order chi connectivity index (χ1) is 18.3. The Morgan fingerprint density at radius 1 is 0.974 bits per heavy atom. The number of carbonyl (C=O) groups is 1. The van der Waals surface area contributed by atoms with Gasteiger partial charge in [-0.1, -0.05) is 6.07 Å². The van der Waals surface area contributed by atoms with Gasteiger partial charge in [0.05, 0.1) is 19.9 Å². The number of likely N-dealkylation sites (tertiary alicyclic amines) is 2. The fraction of sp³-hybridized carbons (Fsp3) is 0.552. The molecule has 7 nitrogen and oxygen atoms in total. The SMILES string of the molecule is COc1ccc([C@@]23CC[C@H](NC(=O)Nc4cc(F)ccc4F)C[C@H]2N(C2CCN(C)CC2)CC3)cc1OC. The van der Waals surface area contributed by atoms with Crippen LogP contribution in [0.2, 0.25) is 0 Å². The number of ether oxygens (including phenoxy) is 2. The van der Waals surface area contributed by atoms with Crippen LogP contribution in [-0.2, 0) is 5.41 Å². The van der Waals surface area contributed by atoms with E-state index in [2.05, 4.69) is 39.6 Å². The molecule has 5 rings (SSSR count). The topological polar surface area (TPSA) is 66.1 Å². The number of piperidine rings is 1. The lowest BCUT2D eigenvalue weighted by atomic mass is 9.65. The van der Waals surface area contributed by atoms with Gasteiger partial charge >= 0.3 is 6.03 Å². The number of nitrogens with zero attached hydrogens (tertiary/aromatic N) is 2. The smallest absolute Gasteiger partial charge is 0.319 e. The van der Waals surface area contributed by atoms with E-state index < -0.39 is 17.7 Å². The molecule has 2 aromatic carbocycles. The van der Waals surface area contributed by atoms with Gasteiger partial charge in [0.25, 0.3) is 0 Å². The van der Waals surface area contributed by atoms with Crippen molar-refractivity contribution in [3.63, 3.8) is 0 Å². The van der Waals surface area contributed by atoms with Gasteiger partial charge in [0.1, 0.15) is 11.6 Å². The number of fused-ring (bicyclic) bond motifs is 1. The number of anilines is 1. The van der Waals surface area contributed by atoms with E-state index in [1.807, 2.05) is 6.07 Å². The average Bonchev–Trinajstić information content (AvgIpc) is 3.30. The Morgan fingerprint density at radius 2 is 1.74 bits per heavy atom. The molecule has 9 heteroatoms. The summed E-state index contributed by atoms with van der Waals surface area (Å²) in [7, 11) is 5.49. The zero-order valence-electron chi connectivity index (χ0n) is 22.4. The molecular weight excluding hydrogens is 490 g/mol. The molecule has 0 aromatic heterocycles. The first kappa shape index (κ1) is 26.7. The molecule has 0 spiro atoms. The number of amides is 2. The van der Waals surface area contributed by atoms with E-state index in [1.54, 1.807) is 14.2 Å².